The highest BCUT2D eigenvalue weighted by atomic mass is 14.0. The number of fused-ring (bicyclic) bond motifs is 3. The maximum absolute atomic E-state index is 2.12. The molecule has 1 heteroatoms. The topological polar surface area (TPSA) is 35.0 Å². The Balaban J connectivity index is 0.000000405. The minimum atomic E-state index is 0. The van der Waals surface area contributed by atoms with Crippen molar-refractivity contribution in [2.75, 3.05) is 0 Å². The summed E-state index contributed by atoms with van der Waals surface area (Å²) in [4.78, 5) is 0. The van der Waals surface area contributed by atoms with Crippen LogP contribution in [0.15, 0.2) is 36.4 Å². The van der Waals surface area contributed by atoms with Crippen molar-refractivity contribution >= 4 is 10.8 Å². The third kappa shape index (κ3) is 0.864. The normalized spacial score (nSPS) is 9.33. The molecule has 3 aromatic carbocycles. The molecule has 0 amide bonds. The van der Waals surface area contributed by atoms with Crippen molar-refractivity contribution in [3.63, 3.8) is 0 Å². The van der Waals surface area contributed by atoms with Crippen LogP contribution in [0.25, 0.3) is 10.8 Å². The molecule has 0 spiro atoms. The fourth-order valence-corrected chi connectivity index (χ4v) is 0.911. The van der Waals surface area contributed by atoms with Gasteiger partial charge in [0.2, 0.25) is 0 Å². The molecule has 0 radical (unpaired) electrons. The molecule has 0 atom stereocenters. The van der Waals surface area contributed by atoms with Gasteiger partial charge in [0.15, 0.2) is 0 Å². The predicted octanol–water partition coefficient (Wildman–Crippen LogP) is 2.44. The molecule has 0 unspecified atom stereocenters. The van der Waals surface area contributed by atoms with E-state index in [0.717, 1.165) is 0 Å². The van der Waals surface area contributed by atoms with Gasteiger partial charge in [0.05, 0.1) is 0 Å². The summed E-state index contributed by atoms with van der Waals surface area (Å²) >= 11 is 0. The van der Waals surface area contributed by atoms with E-state index in [1.807, 2.05) is 0 Å². The highest BCUT2D eigenvalue weighted by molar-refractivity contribution is 5.68. The standard InChI is InChI=1S/C8H6.H3N/c1-2-8-5-3-7(1)4-6-8;/h1-6H;1H3. The molecule has 0 aliphatic heterocycles. The van der Waals surface area contributed by atoms with E-state index in [0.29, 0.717) is 0 Å². The Hall–Kier alpha value is -1.08. The van der Waals surface area contributed by atoms with Crippen molar-refractivity contribution in [3.8, 4) is 0 Å². The molecule has 46 valence electrons. The fourth-order valence-electron chi connectivity index (χ4n) is 0.911. The summed E-state index contributed by atoms with van der Waals surface area (Å²) in [6, 6.07) is 12.7. The quantitative estimate of drug-likeness (QED) is 0.568. The molecule has 0 heterocycles. The Labute approximate surface area is 54.2 Å². The molecule has 0 aliphatic carbocycles. The van der Waals surface area contributed by atoms with E-state index in [1.165, 1.54) is 10.8 Å². The van der Waals surface area contributed by atoms with Crippen molar-refractivity contribution in [1.29, 1.82) is 0 Å². The van der Waals surface area contributed by atoms with Gasteiger partial charge in [-0.2, -0.15) is 0 Å². The lowest BCUT2D eigenvalue weighted by atomic mass is 10.1. The van der Waals surface area contributed by atoms with Gasteiger partial charge in [0.1, 0.15) is 0 Å². The van der Waals surface area contributed by atoms with Gasteiger partial charge in [-0.1, -0.05) is 36.4 Å². The molecule has 0 saturated heterocycles. The van der Waals surface area contributed by atoms with Crippen LogP contribution in [-0.4, -0.2) is 0 Å². The van der Waals surface area contributed by atoms with Gasteiger partial charge >= 0.3 is 0 Å². The maximum Gasteiger partial charge on any atom is -0.0256 e. The summed E-state index contributed by atoms with van der Waals surface area (Å²) in [6.07, 6.45) is 0. The van der Waals surface area contributed by atoms with Crippen LogP contribution in [0.5, 0.6) is 0 Å². The van der Waals surface area contributed by atoms with Gasteiger partial charge in [-0.3, -0.25) is 0 Å². The largest absolute Gasteiger partial charge is 0.344 e. The molecule has 1 nitrogen and oxygen atoms in total. The molecule has 0 aromatic heterocycles. The first kappa shape index (κ1) is 6.05. The highest BCUT2D eigenvalue weighted by Gasteiger charge is 1.84. The second-order valence-electron chi connectivity index (χ2n) is 2.00. The number of benzene rings is 3. The van der Waals surface area contributed by atoms with E-state index in [-0.39, 0.29) is 6.15 Å². The van der Waals surface area contributed by atoms with E-state index in [9.17, 15) is 0 Å². The van der Waals surface area contributed by atoms with Gasteiger partial charge in [-0.25, -0.2) is 0 Å². The van der Waals surface area contributed by atoms with E-state index < -0.39 is 0 Å². The number of hydrogen-bond donors (Lipinski definition) is 1. The minimum Gasteiger partial charge on any atom is -0.344 e. The molecule has 0 fully saturated rings. The Bertz CT molecular complexity index is 200. The van der Waals surface area contributed by atoms with Crippen LogP contribution in [0.4, 0.5) is 0 Å². The van der Waals surface area contributed by atoms with Crippen LogP contribution < -0.4 is 6.15 Å². The highest BCUT2D eigenvalue weighted by Crippen LogP contribution is 2.09. The molecule has 0 saturated carbocycles. The van der Waals surface area contributed by atoms with Crippen molar-refractivity contribution in [1.82, 2.24) is 6.15 Å². The zero-order chi connectivity index (χ0) is 5.40. The summed E-state index contributed by atoms with van der Waals surface area (Å²) in [6.45, 7) is 0. The lowest BCUT2D eigenvalue weighted by Crippen LogP contribution is -1.67. The van der Waals surface area contributed by atoms with Crippen LogP contribution >= 0.6 is 0 Å². The molecule has 9 heavy (non-hydrogen) atoms. The molecule has 3 N–H and O–H groups in total. The van der Waals surface area contributed by atoms with Gasteiger partial charge in [0, 0.05) is 0 Å². The monoisotopic (exact) mass is 119 g/mol. The van der Waals surface area contributed by atoms with Crippen LogP contribution in [0.2, 0.25) is 0 Å². The average Bonchev–Trinajstić information content (AvgIpc) is 1.92. The van der Waals surface area contributed by atoms with Crippen LogP contribution in [0, 0.1) is 0 Å². The average molecular weight is 119 g/mol. The zero-order valence-corrected chi connectivity index (χ0v) is 5.17. The van der Waals surface area contributed by atoms with E-state index in [1.54, 1.807) is 0 Å². The third-order valence-electron chi connectivity index (χ3n) is 1.40. The molecular formula is C8H9N. The second-order valence-corrected chi connectivity index (χ2v) is 2.00. The number of hydrogen-bond acceptors (Lipinski definition) is 1. The van der Waals surface area contributed by atoms with Crippen molar-refractivity contribution in [3.05, 3.63) is 36.4 Å². The van der Waals surface area contributed by atoms with Crippen molar-refractivity contribution in [2.45, 2.75) is 0 Å². The summed E-state index contributed by atoms with van der Waals surface area (Å²) in [7, 11) is 0. The van der Waals surface area contributed by atoms with Gasteiger partial charge in [0.25, 0.3) is 0 Å². The zero-order valence-electron chi connectivity index (χ0n) is 5.17. The predicted molar refractivity (Wildman–Crippen MR) is 40.2 cm³/mol. The minimum absolute atomic E-state index is 0. The maximum atomic E-state index is 2.12. The molecule has 3 rings (SSSR count). The van der Waals surface area contributed by atoms with Gasteiger partial charge in [-0.15, -0.1) is 0 Å². The summed E-state index contributed by atoms with van der Waals surface area (Å²) in [5.41, 5.74) is 0. The first-order valence-corrected chi connectivity index (χ1v) is 2.73. The van der Waals surface area contributed by atoms with Crippen LogP contribution in [0.3, 0.4) is 0 Å². The fraction of sp³-hybridized carbons (Fsp3) is 0. The Morgan fingerprint density at radius 1 is 0.556 bits per heavy atom. The van der Waals surface area contributed by atoms with E-state index >= 15 is 0 Å². The third-order valence-corrected chi connectivity index (χ3v) is 1.40. The molecular weight excluding hydrogens is 110 g/mol. The Morgan fingerprint density at radius 3 is 0.889 bits per heavy atom. The van der Waals surface area contributed by atoms with E-state index in [4.69, 9.17) is 0 Å². The Morgan fingerprint density at radius 2 is 0.778 bits per heavy atom. The second kappa shape index (κ2) is 2.03. The summed E-state index contributed by atoms with van der Waals surface area (Å²) in [5.74, 6) is 0. The first-order chi connectivity index (χ1) is 3.95. The number of rotatable bonds is 0. The first-order valence-electron chi connectivity index (χ1n) is 2.73. The molecule has 3 aromatic rings. The van der Waals surface area contributed by atoms with Crippen molar-refractivity contribution < 1.29 is 0 Å². The van der Waals surface area contributed by atoms with Crippen LogP contribution in [0.1, 0.15) is 0 Å². The lowest BCUT2D eigenvalue weighted by molar-refractivity contribution is 1.76. The molecule has 0 aliphatic rings. The smallest absolute Gasteiger partial charge is 0.0256 e. The summed E-state index contributed by atoms with van der Waals surface area (Å²) < 4.78 is 0. The van der Waals surface area contributed by atoms with E-state index in [2.05, 4.69) is 36.4 Å². The molecule has 2 bridgehead atoms. The van der Waals surface area contributed by atoms with Gasteiger partial charge < -0.3 is 6.15 Å². The Kier molecular flexibility index (Phi) is 1.37. The SMILES string of the molecule is N.c1cc2ccc1cc2. The van der Waals surface area contributed by atoms with Gasteiger partial charge in [-0.05, 0) is 10.8 Å². The van der Waals surface area contributed by atoms with Crippen molar-refractivity contribution in [2.24, 2.45) is 0 Å². The summed E-state index contributed by atoms with van der Waals surface area (Å²) in [5, 5.41) is 2.61. The lowest BCUT2D eigenvalue weighted by Gasteiger charge is -1.92. The van der Waals surface area contributed by atoms with Crippen LogP contribution in [-0.2, 0) is 0 Å².